The van der Waals surface area contributed by atoms with E-state index in [2.05, 4.69) is 59.1 Å². The average Bonchev–Trinajstić information content (AvgIpc) is 3.26. The Morgan fingerprint density at radius 3 is 2.71 bits per heavy atom. The summed E-state index contributed by atoms with van der Waals surface area (Å²) in [5.74, 6) is 0.396. The molecule has 0 saturated heterocycles. The van der Waals surface area contributed by atoms with Crippen molar-refractivity contribution in [3.8, 4) is 0 Å². The molecule has 1 unspecified atom stereocenters. The monoisotopic (exact) mass is 356 g/mol. The van der Waals surface area contributed by atoms with Crippen molar-refractivity contribution in [2.45, 2.75) is 52.2 Å². The number of nitrogens with one attached hydrogen (secondary N) is 1. The quantitative estimate of drug-likeness (QED) is 0.815. The van der Waals surface area contributed by atoms with Gasteiger partial charge in [0.1, 0.15) is 4.47 Å². The zero-order valence-electron chi connectivity index (χ0n) is 13.3. The van der Waals surface area contributed by atoms with Crippen LogP contribution in [0, 0.1) is 5.92 Å². The highest BCUT2D eigenvalue weighted by atomic mass is 79.9. The largest absolute Gasteiger partial charge is 0.381 e. The molecule has 1 aliphatic carbocycles. The highest BCUT2D eigenvalue weighted by Crippen LogP contribution is 2.27. The molecule has 0 spiro atoms. The van der Waals surface area contributed by atoms with Crippen molar-refractivity contribution in [3.63, 3.8) is 0 Å². The van der Waals surface area contributed by atoms with Gasteiger partial charge in [-0.2, -0.15) is 5.10 Å². The summed E-state index contributed by atoms with van der Waals surface area (Å²) in [5, 5.41) is 7.58. The van der Waals surface area contributed by atoms with E-state index in [0.717, 1.165) is 18.3 Å². The zero-order chi connectivity index (χ0) is 15.6. The van der Waals surface area contributed by atoms with Crippen LogP contribution in [0.5, 0.6) is 0 Å². The van der Waals surface area contributed by atoms with Crippen LogP contribution in [-0.4, -0.2) is 40.4 Å². The predicted molar refractivity (Wildman–Crippen MR) is 89.8 cm³/mol. The van der Waals surface area contributed by atoms with Gasteiger partial charge < -0.3 is 5.32 Å². The lowest BCUT2D eigenvalue weighted by Crippen LogP contribution is -2.36. The Morgan fingerprint density at radius 2 is 2.14 bits per heavy atom. The number of hydrogen-bond acceptors (Lipinski definition) is 4. The molecule has 1 aliphatic rings. The summed E-state index contributed by atoms with van der Waals surface area (Å²) in [6.07, 6.45) is 4.34. The van der Waals surface area contributed by atoms with Crippen LogP contribution in [-0.2, 0) is 6.54 Å². The Hall–Kier alpha value is -0.880. The molecule has 1 aromatic heterocycles. The predicted octanol–water partition coefficient (Wildman–Crippen LogP) is 2.56. The molecule has 118 valence electrons. The molecule has 0 radical (unpaired) electrons. The molecule has 0 bridgehead atoms. The number of rotatable bonds is 7. The van der Waals surface area contributed by atoms with E-state index in [0.29, 0.717) is 23.0 Å². The third kappa shape index (κ3) is 4.30. The fourth-order valence-electron chi connectivity index (χ4n) is 2.31. The van der Waals surface area contributed by atoms with E-state index < -0.39 is 0 Å². The molecule has 1 aromatic rings. The maximum Gasteiger partial charge on any atom is 0.283 e. The van der Waals surface area contributed by atoms with Crippen LogP contribution in [0.4, 0.5) is 5.69 Å². The Morgan fingerprint density at radius 1 is 1.48 bits per heavy atom. The van der Waals surface area contributed by atoms with Gasteiger partial charge in [0, 0.05) is 25.2 Å². The first kappa shape index (κ1) is 16.5. The number of nitrogens with zero attached hydrogens (tertiary/aromatic N) is 3. The van der Waals surface area contributed by atoms with Crippen molar-refractivity contribution in [1.82, 2.24) is 14.7 Å². The molecular weight excluding hydrogens is 332 g/mol. The van der Waals surface area contributed by atoms with E-state index in [1.54, 1.807) is 6.20 Å². The summed E-state index contributed by atoms with van der Waals surface area (Å²) in [4.78, 5) is 14.6. The van der Waals surface area contributed by atoms with Crippen molar-refractivity contribution in [3.05, 3.63) is 21.0 Å². The second kappa shape index (κ2) is 6.92. The molecule has 1 fully saturated rings. The fourth-order valence-corrected chi connectivity index (χ4v) is 2.75. The van der Waals surface area contributed by atoms with Gasteiger partial charge in [-0.25, -0.2) is 4.68 Å². The minimum Gasteiger partial charge on any atom is -0.381 e. The highest BCUT2D eigenvalue weighted by Gasteiger charge is 2.29. The smallest absolute Gasteiger partial charge is 0.283 e. The van der Waals surface area contributed by atoms with Crippen molar-refractivity contribution < 1.29 is 0 Å². The van der Waals surface area contributed by atoms with Crippen LogP contribution < -0.4 is 10.9 Å². The van der Waals surface area contributed by atoms with Gasteiger partial charge in [0.25, 0.3) is 5.56 Å². The number of anilines is 1. The first-order valence-corrected chi connectivity index (χ1v) is 8.41. The van der Waals surface area contributed by atoms with E-state index in [1.807, 2.05) is 0 Å². The normalized spacial score (nSPS) is 16.5. The topological polar surface area (TPSA) is 50.2 Å². The summed E-state index contributed by atoms with van der Waals surface area (Å²) in [6, 6.07) is 1.17. The first-order valence-electron chi connectivity index (χ1n) is 7.61. The Kier molecular flexibility index (Phi) is 5.43. The van der Waals surface area contributed by atoms with Gasteiger partial charge in [-0.05, 0) is 48.7 Å². The van der Waals surface area contributed by atoms with Gasteiger partial charge in [-0.3, -0.25) is 9.69 Å². The first-order chi connectivity index (χ1) is 9.90. The maximum absolute atomic E-state index is 12.2. The minimum absolute atomic E-state index is 0.0723. The molecule has 1 N–H and O–H groups in total. The third-order valence-electron chi connectivity index (χ3n) is 3.93. The van der Waals surface area contributed by atoms with E-state index in [-0.39, 0.29) is 5.56 Å². The molecule has 0 aliphatic heterocycles. The summed E-state index contributed by atoms with van der Waals surface area (Å²) in [5.41, 5.74) is 0.702. The van der Waals surface area contributed by atoms with Gasteiger partial charge in [-0.15, -0.1) is 0 Å². The number of halogens is 1. The molecule has 6 heteroatoms. The molecule has 1 atom stereocenters. The van der Waals surface area contributed by atoms with Gasteiger partial charge in [0.2, 0.25) is 0 Å². The second-order valence-electron chi connectivity index (χ2n) is 6.38. The second-order valence-corrected chi connectivity index (χ2v) is 7.17. The fraction of sp³-hybridized carbons (Fsp3) is 0.733. The third-order valence-corrected chi connectivity index (χ3v) is 4.70. The lowest BCUT2D eigenvalue weighted by Gasteiger charge is -2.25. The van der Waals surface area contributed by atoms with Crippen molar-refractivity contribution in [2.24, 2.45) is 5.92 Å². The summed E-state index contributed by atoms with van der Waals surface area (Å²) >= 11 is 3.40. The van der Waals surface area contributed by atoms with Crippen molar-refractivity contribution in [2.75, 3.05) is 18.9 Å². The summed E-state index contributed by atoms with van der Waals surface area (Å²) in [6.45, 7) is 7.79. The Bertz CT molecular complexity index is 539. The van der Waals surface area contributed by atoms with Crippen LogP contribution >= 0.6 is 15.9 Å². The van der Waals surface area contributed by atoms with Crippen LogP contribution in [0.3, 0.4) is 0 Å². The van der Waals surface area contributed by atoms with Crippen molar-refractivity contribution in [1.29, 1.82) is 0 Å². The van der Waals surface area contributed by atoms with Crippen LogP contribution in [0.15, 0.2) is 15.5 Å². The van der Waals surface area contributed by atoms with Gasteiger partial charge in [0.15, 0.2) is 0 Å². The van der Waals surface area contributed by atoms with Crippen molar-refractivity contribution >= 4 is 21.6 Å². The van der Waals surface area contributed by atoms with Gasteiger partial charge in [0.05, 0.1) is 11.9 Å². The number of aromatic nitrogens is 2. The Balaban J connectivity index is 2.00. The molecule has 1 saturated carbocycles. The minimum atomic E-state index is -0.0723. The highest BCUT2D eigenvalue weighted by molar-refractivity contribution is 9.10. The molecule has 0 aromatic carbocycles. The van der Waals surface area contributed by atoms with Crippen LogP contribution in [0.2, 0.25) is 0 Å². The Labute approximate surface area is 134 Å². The standard InChI is InChI=1S/C15H25BrN4O/c1-10(2)9-20-15(21)14(16)13(8-18-20)17-7-11(3)19(4)12-5-6-12/h8,10-12,17H,5-7,9H2,1-4H3. The molecule has 21 heavy (non-hydrogen) atoms. The lowest BCUT2D eigenvalue weighted by molar-refractivity contribution is 0.257. The SMILES string of the molecule is CC(C)Cn1ncc(NCC(C)N(C)C2CC2)c(Br)c1=O. The maximum atomic E-state index is 12.2. The van der Waals surface area contributed by atoms with Crippen LogP contribution in [0.25, 0.3) is 0 Å². The lowest BCUT2D eigenvalue weighted by atomic mass is 10.2. The van der Waals surface area contributed by atoms with E-state index in [4.69, 9.17) is 0 Å². The van der Waals surface area contributed by atoms with Gasteiger partial charge in [-0.1, -0.05) is 13.8 Å². The van der Waals surface area contributed by atoms with E-state index >= 15 is 0 Å². The molecule has 5 nitrogen and oxygen atoms in total. The summed E-state index contributed by atoms with van der Waals surface area (Å²) < 4.78 is 2.08. The van der Waals surface area contributed by atoms with Crippen LogP contribution in [0.1, 0.15) is 33.6 Å². The van der Waals surface area contributed by atoms with E-state index in [9.17, 15) is 4.79 Å². The zero-order valence-corrected chi connectivity index (χ0v) is 14.9. The number of hydrogen-bond donors (Lipinski definition) is 1. The van der Waals surface area contributed by atoms with Gasteiger partial charge >= 0.3 is 0 Å². The molecule has 1 heterocycles. The molecule has 0 amide bonds. The molecular formula is C15H25BrN4O. The average molecular weight is 357 g/mol. The molecule has 2 rings (SSSR count). The summed E-state index contributed by atoms with van der Waals surface area (Å²) in [7, 11) is 2.16. The number of likely N-dealkylation sites (N-methyl/N-ethyl adjacent to an activating group) is 1. The van der Waals surface area contributed by atoms with E-state index in [1.165, 1.54) is 17.5 Å².